The summed E-state index contributed by atoms with van der Waals surface area (Å²) in [6.07, 6.45) is 3.99. The van der Waals surface area contributed by atoms with Gasteiger partial charge in [0.2, 0.25) is 15.9 Å². The van der Waals surface area contributed by atoms with E-state index in [1.807, 2.05) is 49.1 Å². The van der Waals surface area contributed by atoms with E-state index in [9.17, 15) is 13.2 Å². The molecule has 0 bridgehead atoms. The van der Waals surface area contributed by atoms with Gasteiger partial charge in [0.25, 0.3) is 0 Å². The molecule has 6 heteroatoms. The third kappa shape index (κ3) is 4.23. The normalized spacial score (nSPS) is 19.8. The van der Waals surface area contributed by atoms with Crippen molar-refractivity contribution in [3.05, 3.63) is 59.7 Å². The molecule has 0 spiro atoms. The van der Waals surface area contributed by atoms with Crippen LogP contribution >= 0.6 is 0 Å². The molecule has 1 saturated carbocycles. The quantitative estimate of drug-likeness (QED) is 0.754. The average molecular weight is 413 g/mol. The van der Waals surface area contributed by atoms with Crippen LogP contribution in [-0.2, 0) is 27.7 Å². The summed E-state index contributed by atoms with van der Waals surface area (Å²) in [6, 6.07) is 15.0. The van der Waals surface area contributed by atoms with Gasteiger partial charge in [-0.3, -0.25) is 4.79 Å². The van der Waals surface area contributed by atoms with E-state index < -0.39 is 10.0 Å². The van der Waals surface area contributed by atoms with Gasteiger partial charge in [-0.05, 0) is 68.4 Å². The number of hydrogen-bond acceptors (Lipinski definition) is 3. The van der Waals surface area contributed by atoms with Crippen molar-refractivity contribution < 1.29 is 13.2 Å². The minimum Gasteiger partial charge on any atom is -0.309 e. The van der Waals surface area contributed by atoms with Crippen molar-refractivity contribution in [2.24, 2.45) is 5.92 Å². The minimum absolute atomic E-state index is 0.0745. The van der Waals surface area contributed by atoms with Gasteiger partial charge in [0.15, 0.2) is 0 Å². The summed E-state index contributed by atoms with van der Waals surface area (Å²) in [6.45, 7) is 4.02. The molecule has 1 aliphatic heterocycles. The van der Waals surface area contributed by atoms with Crippen LogP contribution in [0.15, 0.2) is 53.4 Å². The molecule has 0 aromatic heterocycles. The summed E-state index contributed by atoms with van der Waals surface area (Å²) in [5.41, 5.74) is 2.91. The molecule has 2 aromatic rings. The Kier molecular flexibility index (Phi) is 5.49. The number of hydrogen-bond donors (Lipinski definition) is 1. The van der Waals surface area contributed by atoms with Gasteiger partial charge in [0.1, 0.15) is 0 Å². The van der Waals surface area contributed by atoms with E-state index in [2.05, 4.69) is 4.72 Å². The molecule has 1 fully saturated rings. The van der Waals surface area contributed by atoms with Gasteiger partial charge in [0, 0.05) is 23.7 Å². The number of fused-ring (bicyclic) bond motifs is 1. The zero-order valence-electron chi connectivity index (χ0n) is 17.0. The number of nitrogens with zero attached hydrogens (tertiary/aromatic N) is 1. The summed E-state index contributed by atoms with van der Waals surface area (Å²) in [5.74, 6) is 0.329. The van der Waals surface area contributed by atoms with Crippen LogP contribution in [-0.4, -0.2) is 26.4 Å². The topological polar surface area (TPSA) is 66.5 Å². The molecule has 4 rings (SSSR count). The number of carbonyl (C=O) groups is 1. The summed E-state index contributed by atoms with van der Waals surface area (Å²) in [5, 5.41) is 0. The summed E-state index contributed by atoms with van der Waals surface area (Å²) < 4.78 is 28.9. The highest BCUT2D eigenvalue weighted by atomic mass is 32.2. The number of carbonyl (C=O) groups excluding carboxylic acids is 1. The summed E-state index contributed by atoms with van der Waals surface area (Å²) in [4.78, 5) is 14.8. The largest absolute Gasteiger partial charge is 0.309 e. The van der Waals surface area contributed by atoms with Crippen molar-refractivity contribution in [2.75, 3.05) is 4.90 Å². The molecule has 2 unspecified atom stereocenters. The first kappa shape index (κ1) is 20.1. The maximum atomic E-state index is 13.0. The van der Waals surface area contributed by atoms with Gasteiger partial charge >= 0.3 is 0 Å². The molecule has 2 atom stereocenters. The SMILES string of the molecule is CCC(Cc1ccccc1)NS(=O)(=O)c1ccc2c(c1)CC(C)N2C(=O)C1CC1. The molecule has 154 valence electrons. The van der Waals surface area contributed by atoms with E-state index in [-0.39, 0.29) is 28.8 Å². The highest BCUT2D eigenvalue weighted by Gasteiger charge is 2.39. The third-order valence-electron chi connectivity index (χ3n) is 5.88. The molecule has 0 saturated heterocycles. The molecule has 0 radical (unpaired) electrons. The Morgan fingerprint density at radius 1 is 1.17 bits per heavy atom. The van der Waals surface area contributed by atoms with Gasteiger partial charge < -0.3 is 4.90 Å². The van der Waals surface area contributed by atoms with Crippen molar-refractivity contribution >= 4 is 21.6 Å². The van der Waals surface area contributed by atoms with Crippen LogP contribution in [0, 0.1) is 5.92 Å². The van der Waals surface area contributed by atoms with Gasteiger partial charge in [-0.1, -0.05) is 37.3 Å². The Hall–Kier alpha value is -2.18. The minimum atomic E-state index is -3.63. The standard InChI is InChI=1S/C23H28N2O3S/c1-3-20(14-17-7-5-4-6-8-17)24-29(27,28)21-11-12-22-19(15-21)13-16(2)25(22)23(26)18-9-10-18/h4-8,11-12,15-16,18,20,24H,3,9-10,13-14H2,1-2H3. The molecule has 1 amide bonds. The zero-order valence-corrected chi connectivity index (χ0v) is 17.8. The van der Waals surface area contributed by atoms with E-state index >= 15 is 0 Å². The molecular weight excluding hydrogens is 384 g/mol. The Bertz CT molecular complexity index is 1000. The van der Waals surface area contributed by atoms with Gasteiger partial charge in [-0.2, -0.15) is 0 Å². The lowest BCUT2D eigenvalue weighted by molar-refractivity contribution is -0.120. The monoisotopic (exact) mass is 412 g/mol. The predicted octanol–water partition coefficient (Wildman–Crippen LogP) is 3.67. The number of anilines is 1. The molecule has 5 nitrogen and oxygen atoms in total. The Labute approximate surface area is 173 Å². The molecule has 2 aromatic carbocycles. The summed E-state index contributed by atoms with van der Waals surface area (Å²) >= 11 is 0. The van der Waals surface area contributed by atoms with Crippen LogP contribution in [0.4, 0.5) is 5.69 Å². The van der Waals surface area contributed by atoms with Crippen molar-refractivity contribution in [1.82, 2.24) is 4.72 Å². The zero-order chi connectivity index (χ0) is 20.6. The fourth-order valence-corrected chi connectivity index (χ4v) is 5.46. The lowest BCUT2D eigenvalue weighted by atomic mass is 10.1. The smallest absolute Gasteiger partial charge is 0.240 e. The van der Waals surface area contributed by atoms with E-state index in [0.717, 1.165) is 29.7 Å². The lowest BCUT2D eigenvalue weighted by Crippen LogP contribution is -2.36. The van der Waals surface area contributed by atoms with Crippen molar-refractivity contribution in [2.45, 2.75) is 62.9 Å². The van der Waals surface area contributed by atoms with Crippen LogP contribution in [0.3, 0.4) is 0 Å². The fraction of sp³-hybridized carbons (Fsp3) is 0.435. The maximum absolute atomic E-state index is 13.0. The van der Waals surface area contributed by atoms with E-state index in [1.165, 1.54) is 0 Å². The Morgan fingerprint density at radius 3 is 2.55 bits per heavy atom. The average Bonchev–Trinajstić information content (AvgIpc) is 3.49. The van der Waals surface area contributed by atoms with Gasteiger partial charge in [-0.15, -0.1) is 0 Å². The number of amides is 1. The molecule has 1 aliphatic carbocycles. The predicted molar refractivity (Wildman–Crippen MR) is 114 cm³/mol. The van der Waals surface area contributed by atoms with Crippen LogP contribution in [0.1, 0.15) is 44.2 Å². The van der Waals surface area contributed by atoms with Crippen molar-refractivity contribution in [3.63, 3.8) is 0 Å². The molecule has 1 N–H and O–H groups in total. The first-order valence-electron chi connectivity index (χ1n) is 10.4. The third-order valence-corrected chi connectivity index (χ3v) is 7.40. The van der Waals surface area contributed by atoms with Crippen LogP contribution in [0.2, 0.25) is 0 Å². The van der Waals surface area contributed by atoms with Gasteiger partial charge in [-0.25, -0.2) is 13.1 Å². The van der Waals surface area contributed by atoms with E-state index in [1.54, 1.807) is 18.2 Å². The molecule has 29 heavy (non-hydrogen) atoms. The first-order chi connectivity index (χ1) is 13.9. The number of benzene rings is 2. The second-order valence-corrected chi connectivity index (χ2v) is 9.96. The fourth-order valence-electron chi connectivity index (χ4n) is 4.09. The van der Waals surface area contributed by atoms with Crippen molar-refractivity contribution in [3.8, 4) is 0 Å². The Balaban J connectivity index is 1.53. The molecule has 2 aliphatic rings. The maximum Gasteiger partial charge on any atom is 0.240 e. The van der Waals surface area contributed by atoms with E-state index in [4.69, 9.17) is 0 Å². The van der Waals surface area contributed by atoms with Crippen LogP contribution in [0.5, 0.6) is 0 Å². The van der Waals surface area contributed by atoms with Crippen LogP contribution in [0.25, 0.3) is 0 Å². The molecular formula is C23H28N2O3S. The highest BCUT2D eigenvalue weighted by molar-refractivity contribution is 7.89. The lowest BCUT2D eigenvalue weighted by Gasteiger charge is -2.23. The Morgan fingerprint density at radius 2 is 1.90 bits per heavy atom. The van der Waals surface area contributed by atoms with Gasteiger partial charge in [0.05, 0.1) is 4.90 Å². The molecule has 1 heterocycles. The van der Waals surface area contributed by atoms with Crippen molar-refractivity contribution in [1.29, 1.82) is 0 Å². The second-order valence-electron chi connectivity index (χ2n) is 8.24. The highest BCUT2D eigenvalue weighted by Crippen LogP contribution is 2.39. The number of rotatable bonds is 7. The second kappa shape index (κ2) is 7.92. The van der Waals surface area contributed by atoms with Crippen LogP contribution < -0.4 is 9.62 Å². The number of sulfonamides is 1. The number of nitrogens with one attached hydrogen (secondary N) is 1. The first-order valence-corrected chi connectivity index (χ1v) is 11.9. The summed E-state index contributed by atoms with van der Waals surface area (Å²) in [7, 11) is -3.63. The van der Waals surface area contributed by atoms with E-state index in [0.29, 0.717) is 19.3 Å².